The summed E-state index contributed by atoms with van der Waals surface area (Å²) in [5, 5.41) is 5.06. The largest absolute Gasteiger partial charge is 0.310 e. The Hall–Kier alpha value is -8.96. The summed E-state index contributed by atoms with van der Waals surface area (Å²) in [6.45, 7) is 0. The maximum Gasteiger partial charge on any atom is 0.0720 e. The number of hydrogen-bond acceptors (Lipinski definition) is 3. The fourth-order valence-corrected chi connectivity index (χ4v) is 11.6. The van der Waals surface area contributed by atoms with Gasteiger partial charge in [-0.2, -0.15) is 0 Å². The Bertz CT molecular complexity index is 3940. The van der Waals surface area contributed by atoms with Crippen LogP contribution in [0.25, 0.3) is 81.0 Å². The molecule has 0 spiro atoms. The van der Waals surface area contributed by atoms with Gasteiger partial charge < -0.3 is 14.4 Å². The average molecular weight is 912 g/mol. The first-order valence-corrected chi connectivity index (χ1v) is 24.6. The van der Waals surface area contributed by atoms with Crippen molar-refractivity contribution in [1.29, 1.82) is 0 Å². The Morgan fingerprint density at radius 2 is 0.786 bits per heavy atom. The number of rotatable bonds is 10. The summed E-state index contributed by atoms with van der Waals surface area (Å²) in [7, 11) is 0. The van der Waals surface area contributed by atoms with E-state index in [2.05, 4.69) is 287 Å². The molecule has 0 atom stereocenters. The van der Waals surface area contributed by atoms with Crippen LogP contribution in [-0.4, -0.2) is 4.57 Å². The third-order valence-electron chi connectivity index (χ3n) is 13.5. The highest BCUT2D eigenvalue weighted by molar-refractivity contribution is 7.26. The van der Waals surface area contributed by atoms with Crippen molar-refractivity contribution in [3.8, 4) is 39.1 Å². The number of benzene rings is 11. The van der Waals surface area contributed by atoms with Gasteiger partial charge in [0.25, 0.3) is 0 Å². The molecule has 0 fully saturated rings. The lowest BCUT2D eigenvalue weighted by Crippen LogP contribution is -2.13. The minimum atomic E-state index is 1.05. The predicted molar refractivity (Wildman–Crippen MR) is 299 cm³/mol. The quantitative estimate of drug-likeness (QED) is 0.135. The van der Waals surface area contributed by atoms with Crippen LogP contribution < -0.4 is 9.80 Å². The van der Waals surface area contributed by atoms with Gasteiger partial charge in [0.2, 0.25) is 0 Å². The fraction of sp³-hybridized carbons (Fsp3) is 0. The van der Waals surface area contributed by atoms with E-state index in [0.717, 1.165) is 50.9 Å². The fourth-order valence-electron chi connectivity index (χ4n) is 10.3. The second-order valence-corrected chi connectivity index (χ2v) is 18.8. The van der Waals surface area contributed by atoms with Crippen LogP contribution >= 0.6 is 11.3 Å². The van der Waals surface area contributed by atoms with E-state index in [1.54, 1.807) is 0 Å². The predicted octanol–water partition coefficient (Wildman–Crippen LogP) is 19.1. The van der Waals surface area contributed by atoms with Crippen molar-refractivity contribution in [1.82, 2.24) is 4.57 Å². The molecule has 0 radical (unpaired) electrons. The Morgan fingerprint density at radius 3 is 1.41 bits per heavy atom. The molecule has 0 aliphatic rings. The van der Waals surface area contributed by atoms with Gasteiger partial charge in [0.05, 0.1) is 15.7 Å². The molecule has 0 bridgehead atoms. The van der Waals surface area contributed by atoms with Crippen LogP contribution in [0.1, 0.15) is 0 Å². The monoisotopic (exact) mass is 911 g/mol. The molecular weight excluding hydrogens is 867 g/mol. The first-order valence-electron chi connectivity index (χ1n) is 23.8. The Morgan fingerprint density at radius 1 is 0.300 bits per heavy atom. The van der Waals surface area contributed by atoms with E-state index in [4.69, 9.17) is 0 Å². The van der Waals surface area contributed by atoms with Crippen molar-refractivity contribution < 1.29 is 0 Å². The zero-order chi connectivity index (χ0) is 46.4. The summed E-state index contributed by atoms with van der Waals surface area (Å²) < 4.78 is 5.04. The van der Waals surface area contributed by atoms with Gasteiger partial charge in [-0.1, -0.05) is 170 Å². The van der Waals surface area contributed by atoms with E-state index in [9.17, 15) is 0 Å². The van der Waals surface area contributed by atoms with Crippen LogP contribution in [-0.2, 0) is 0 Å². The summed E-state index contributed by atoms with van der Waals surface area (Å²) in [5.74, 6) is 0. The van der Waals surface area contributed by atoms with E-state index < -0.39 is 0 Å². The molecule has 0 saturated heterocycles. The van der Waals surface area contributed by atoms with Crippen molar-refractivity contribution in [3.63, 3.8) is 0 Å². The van der Waals surface area contributed by atoms with Gasteiger partial charge in [-0.15, -0.1) is 11.3 Å². The maximum atomic E-state index is 2.47. The summed E-state index contributed by atoms with van der Waals surface area (Å²) in [6, 6.07) is 99.0. The summed E-state index contributed by atoms with van der Waals surface area (Å²) in [5.41, 5.74) is 17.1. The third kappa shape index (κ3) is 7.30. The molecule has 0 saturated carbocycles. The smallest absolute Gasteiger partial charge is 0.0720 e. The number of nitrogens with zero attached hydrogens (tertiary/aromatic N) is 3. The third-order valence-corrected chi connectivity index (χ3v) is 14.7. The molecule has 0 N–H and O–H groups in total. The molecule has 2 heterocycles. The van der Waals surface area contributed by atoms with Crippen molar-refractivity contribution in [2.45, 2.75) is 0 Å². The molecule has 4 heteroatoms. The van der Waals surface area contributed by atoms with Crippen LogP contribution in [0.4, 0.5) is 34.1 Å². The number of thiophene rings is 1. The van der Waals surface area contributed by atoms with Crippen molar-refractivity contribution >= 4 is 87.4 Å². The maximum absolute atomic E-state index is 2.47. The number of hydrogen-bond donors (Lipinski definition) is 0. The summed E-state index contributed by atoms with van der Waals surface area (Å²) >= 11 is 1.89. The molecule has 70 heavy (non-hydrogen) atoms. The summed E-state index contributed by atoms with van der Waals surface area (Å²) in [4.78, 5) is 4.76. The number of fused-ring (bicyclic) bond motifs is 7. The minimum absolute atomic E-state index is 1.05. The molecule has 0 amide bonds. The normalized spacial score (nSPS) is 11.4. The Kier molecular flexibility index (Phi) is 10.4. The van der Waals surface area contributed by atoms with Crippen LogP contribution in [0.2, 0.25) is 0 Å². The summed E-state index contributed by atoms with van der Waals surface area (Å²) in [6.07, 6.45) is 0. The van der Waals surface area contributed by atoms with Crippen LogP contribution in [0, 0.1) is 0 Å². The lowest BCUT2D eigenvalue weighted by Gasteiger charge is -2.30. The van der Waals surface area contributed by atoms with Crippen molar-refractivity contribution in [3.05, 3.63) is 273 Å². The minimum Gasteiger partial charge on any atom is -0.310 e. The van der Waals surface area contributed by atoms with Gasteiger partial charge in [0, 0.05) is 66.1 Å². The molecule has 11 aromatic carbocycles. The Balaban J connectivity index is 1.05. The first kappa shape index (κ1) is 41.2. The topological polar surface area (TPSA) is 11.4 Å². The number of anilines is 6. The Labute approximate surface area is 411 Å². The van der Waals surface area contributed by atoms with Gasteiger partial charge in [-0.05, 0) is 137 Å². The second-order valence-electron chi connectivity index (χ2n) is 17.7. The zero-order valence-corrected chi connectivity index (χ0v) is 39.0. The number of aromatic nitrogens is 1. The van der Waals surface area contributed by atoms with Crippen molar-refractivity contribution in [2.24, 2.45) is 0 Å². The highest BCUT2D eigenvalue weighted by Crippen LogP contribution is 2.49. The standard InChI is InChI=1S/C66H45N3S/c1-6-21-46(22-7-1)47-37-39-55(40-38-47)68(53-29-12-4-13-30-53)57-43-50(42-56(44-57)67(51-25-8-2-9-26-51)52-27-10-3-11-28-52)48-23-20-24-49(41-48)60-45-61-58-33-16-18-35-62(58)69(54-31-14-5-15-32-54)65(61)66-64(60)59-34-17-19-36-63(59)70-66/h1-45H. The van der Waals surface area contributed by atoms with Gasteiger partial charge in [0.15, 0.2) is 0 Å². The lowest BCUT2D eigenvalue weighted by atomic mass is 9.93. The molecule has 0 aliphatic carbocycles. The van der Waals surface area contributed by atoms with Gasteiger partial charge in [-0.3, -0.25) is 0 Å². The van der Waals surface area contributed by atoms with Gasteiger partial charge in [-0.25, -0.2) is 0 Å². The van der Waals surface area contributed by atoms with E-state index in [-0.39, 0.29) is 0 Å². The van der Waals surface area contributed by atoms with Crippen LogP contribution in [0.15, 0.2) is 273 Å². The molecule has 330 valence electrons. The highest BCUT2D eigenvalue weighted by Gasteiger charge is 2.23. The first-order chi connectivity index (χ1) is 34.7. The SMILES string of the molecule is c1ccc(-c2ccc(N(c3ccccc3)c3cc(-c4cccc(-c5cc6c7ccccc7n(-c7ccccc7)c6c6sc7ccccc7c56)c4)cc(N(c4ccccc4)c4ccccc4)c3)cc2)cc1. The molecule has 13 aromatic rings. The van der Waals surface area contributed by atoms with E-state index >= 15 is 0 Å². The van der Waals surface area contributed by atoms with Gasteiger partial charge in [0.1, 0.15) is 0 Å². The van der Waals surface area contributed by atoms with Crippen molar-refractivity contribution in [2.75, 3.05) is 9.80 Å². The lowest BCUT2D eigenvalue weighted by molar-refractivity contribution is 1.19. The van der Waals surface area contributed by atoms with Crippen LogP contribution in [0.3, 0.4) is 0 Å². The molecule has 13 rings (SSSR count). The van der Waals surface area contributed by atoms with E-state index in [0.29, 0.717) is 0 Å². The van der Waals surface area contributed by atoms with Crippen LogP contribution in [0.5, 0.6) is 0 Å². The molecule has 0 unspecified atom stereocenters. The van der Waals surface area contributed by atoms with Gasteiger partial charge >= 0.3 is 0 Å². The molecule has 3 nitrogen and oxygen atoms in total. The second kappa shape index (κ2) is 17.6. The average Bonchev–Trinajstić information content (AvgIpc) is 3.99. The molecular formula is C66H45N3S. The molecule has 0 aliphatic heterocycles. The van der Waals surface area contributed by atoms with E-state index in [1.807, 2.05) is 11.3 Å². The van der Waals surface area contributed by atoms with E-state index in [1.165, 1.54) is 64.2 Å². The highest BCUT2D eigenvalue weighted by atomic mass is 32.1. The molecule has 2 aromatic heterocycles. The number of para-hydroxylation sites is 5. The zero-order valence-electron chi connectivity index (χ0n) is 38.2.